The van der Waals surface area contributed by atoms with Crippen molar-refractivity contribution in [3.05, 3.63) is 41.0 Å². The summed E-state index contributed by atoms with van der Waals surface area (Å²) < 4.78 is 11.2. The molecule has 1 aliphatic heterocycles. The van der Waals surface area contributed by atoms with Crippen LogP contribution in [0.25, 0.3) is 11.3 Å². The van der Waals surface area contributed by atoms with Gasteiger partial charge >= 0.3 is 12.1 Å². The molecular weight excluding hydrogens is 392 g/mol. The Morgan fingerprint density at radius 2 is 2.07 bits per heavy atom. The van der Waals surface area contributed by atoms with Crippen molar-refractivity contribution >= 4 is 17.7 Å². The van der Waals surface area contributed by atoms with Crippen LogP contribution >= 0.6 is 11.6 Å². The molecule has 2 heterocycles. The second kappa shape index (κ2) is 8.66. The third-order valence-corrected chi connectivity index (χ3v) is 4.67. The number of amides is 1. The second-order valence-corrected chi connectivity index (χ2v) is 8.34. The molecule has 1 saturated heterocycles. The number of rotatable bonds is 4. The molecule has 0 saturated carbocycles. The third kappa shape index (κ3) is 5.58. The van der Waals surface area contributed by atoms with Crippen molar-refractivity contribution in [1.29, 1.82) is 5.26 Å². The fraction of sp³-hybridized carbons (Fsp3) is 0.429. The Labute approximate surface area is 175 Å². The lowest BCUT2D eigenvalue weighted by molar-refractivity contribution is 0.0284. The van der Waals surface area contributed by atoms with Crippen LogP contribution in [0.2, 0.25) is 5.02 Å². The standard InChI is InChI=1S/C21H23ClN4O3/c1-21(2,3)29-20(27)26-9-8-15(12-26)13-28-19-24-11-17(22)18(25-19)16-6-4-14(10-23)5-7-16/h4-7,11,15H,8-9,12-13H2,1-3H3/t15-/m1/s1. The van der Waals surface area contributed by atoms with E-state index in [4.69, 9.17) is 26.3 Å². The molecule has 8 heteroatoms. The fourth-order valence-corrected chi connectivity index (χ4v) is 3.18. The van der Waals surface area contributed by atoms with Crippen molar-refractivity contribution in [3.8, 4) is 23.3 Å². The van der Waals surface area contributed by atoms with E-state index in [0.29, 0.717) is 36.0 Å². The number of benzene rings is 1. The average Bonchev–Trinajstić information content (AvgIpc) is 3.15. The van der Waals surface area contributed by atoms with Crippen molar-refractivity contribution in [2.45, 2.75) is 32.8 Å². The number of ether oxygens (including phenoxy) is 2. The Bertz CT molecular complexity index is 919. The molecule has 1 aromatic carbocycles. The maximum absolute atomic E-state index is 12.2. The summed E-state index contributed by atoms with van der Waals surface area (Å²) in [6, 6.07) is 9.29. The molecule has 1 aromatic heterocycles. The van der Waals surface area contributed by atoms with Crippen molar-refractivity contribution in [1.82, 2.24) is 14.9 Å². The first kappa shape index (κ1) is 20.9. The van der Waals surface area contributed by atoms with E-state index in [9.17, 15) is 4.79 Å². The molecule has 1 aliphatic rings. The summed E-state index contributed by atoms with van der Waals surface area (Å²) in [5, 5.41) is 9.33. The molecule has 7 nitrogen and oxygen atoms in total. The topological polar surface area (TPSA) is 88.3 Å². The maximum Gasteiger partial charge on any atom is 0.410 e. The summed E-state index contributed by atoms with van der Waals surface area (Å²) in [5.41, 5.74) is 1.37. The molecule has 0 radical (unpaired) electrons. The lowest BCUT2D eigenvalue weighted by Gasteiger charge is -2.24. The zero-order valence-corrected chi connectivity index (χ0v) is 17.4. The van der Waals surface area contributed by atoms with Gasteiger partial charge < -0.3 is 14.4 Å². The maximum atomic E-state index is 12.2. The van der Waals surface area contributed by atoms with Gasteiger partial charge in [0.1, 0.15) is 5.60 Å². The predicted molar refractivity (Wildman–Crippen MR) is 109 cm³/mol. The average molecular weight is 415 g/mol. The van der Waals surface area contributed by atoms with Gasteiger partial charge in [-0.25, -0.2) is 9.78 Å². The van der Waals surface area contributed by atoms with Gasteiger partial charge in [0.05, 0.1) is 35.2 Å². The number of hydrogen-bond donors (Lipinski definition) is 0. The number of likely N-dealkylation sites (tertiary alicyclic amines) is 1. The Balaban J connectivity index is 1.60. The van der Waals surface area contributed by atoms with Gasteiger partial charge in [-0.05, 0) is 39.3 Å². The van der Waals surface area contributed by atoms with E-state index in [-0.39, 0.29) is 18.0 Å². The second-order valence-electron chi connectivity index (χ2n) is 7.93. The molecule has 0 aliphatic carbocycles. The highest BCUT2D eigenvalue weighted by Gasteiger charge is 2.30. The summed E-state index contributed by atoms with van der Waals surface area (Å²) in [7, 11) is 0. The lowest BCUT2D eigenvalue weighted by atomic mass is 10.1. The van der Waals surface area contributed by atoms with E-state index < -0.39 is 5.60 Å². The Hall–Kier alpha value is -2.85. The molecule has 2 aromatic rings. The Kier molecular flexibility index (Phi) is 6.23. The minimum atomic E-state index is -0.509. The zero-order chi connectivity index (χ0) is 21.0. The molecule has 0 spiro atoms. The molecule has 1 atom stereocenters. The molecule has 1 amide bonds. The fourth-order valence-electron chi connectivity index (χ4n) is 2.98. The Morgan fingerprint density at radius 3 is 2.72 bits per heavy atom. The van der Waals surface area contributed by atoms with E-state index in [1.807, 2.05) is 20.8 Å². The van der Waals surface area contributed by atoms with Crippen molar-refractivity contribution in [2.75, 3.05) is 19.7 Å². The highest BCUT2D eigenvalue weighted by atomic mass is 35.5. The minimum Gasteiger partial charge on any atom is -0.463 e. The van der Waals surface area contributed by atoms with E-state index >= 15 is 0 Å². The first-order valence-electron chi connectivity index (χ1n) is 9.39. The molecule has 0 bridgehead atoms. The summed E-state index contributed by atoms with van der Waals surface area (Å²) in [6.07, 6.45) is 2.03. The van der Waals surface area contributed by atoms with E-state index in [1.54, 1.807) is 29.2 Å². The number of carbonyl (C=O) groups excluding carboxylic acids is 1. The first-order valence-corrected chi connectivity index (χ1v) is 9.77. The highest BCUT2D eigenvalue weighted by molar-refractivity contribution is 6.32. The van der Waals surface area contributed by atoms with Gasteiger partial charge in [-0.15, -0.1) is 0 Å². The van der Waals surface area contributed by atoms with E-state index in [0.717, 1.165) is 12.0 Å². The normalized spacial score (nSPS) is 16.4. The van der Waals surface area contributed by atoms with Crippen LogP contribution in [0.1, 0.15) is 32.8 Å². The number of nitriles is 1. The number of nitrogens with zero attached hydrogens (tertiary/aromatic N) is 4. The Morgan fingerprint density at radius 1 is 1.34 bits per heavy atom. The van der Waals surface area contributed by atoms with E-state index in [1.165, 1.54) is 6.20 Å². The summed E-state index contributed by atoms with van der Waals surface area (Å²) in [4.78, 5) is 22.4. The van der Waals surface area contributed by atoms with Crippen LogP contribution in [-0.4, -0.2) is 46.3 Å². The zero-order valence-electron chi connectivity index (χ0n) is 16.7. The van der Waals surface area contributed by atoms with Crippen LogP contribution in [0, 0.1) is 17.2 Å². The molecule has 0 unspecified atom stereocenters. The van der Waals surface area contributed by atoms with Gasteiger partial charge in [-0.2, -0.15) is 10.2 Å². The molecule has 152 valence electrons. The summed E-state index contributed by atoms with van der Waals surface area (Å²) in [6.45, 7) is 7.17. The van der Waals surface area contributed by atoms with Gasteiger partial charge in [-0.3, -0.25) is 0 Å². The largest absolute Gasteiger partial charge is 0.463 e. The third-order valence-electron chi connectivity index (χ3n) is 4.40. The van der Waals surface area contributed by atoms with Gasteiger partial charge in [0.25, 0.3) is 0 Å². The molecule has 0 N–H and O–H groups in total. The molecule has 3 rings (SSSR count). The van der Waals surface area contributed by atoms with Crippen molar-refractivity contribution in [2.24, 2.45) is 5.92 Å². The van der Waals surface area contributed by atoms with Gasteiger partial charge in [0.2, 0.25) is 0 Å². The number of hydrogen-bond acceptors (Lipinski definition) is 6. The molecular formula is C21H23ClN4O3. The first-order chi connectivity index (χ1) is 13.7. The van der Waals surface area contributed by atoms with Crippen LogP contribution in [0.5, 0.6) is 6.01 Å². The van der Waals surface area contributed by atoms with Crippen LogP contribution < -0.4 is 4.74 Å². The van der Waals surface area contributed by atoms with Crippen molar-refractivity contribution in [3.63, 3.8) is 0 Å². The lowest BCUT2D eigenvalue weighted by Crippen LogP contribution is -2.35. The molecule has 29 heavy (non-hydrogen) atoms. The van der Waals surface area contributed by atoms with Gasteiger partial charge in [0.15, 0.2) is 0 Å². The minimum absolute atomic E-state index is 0.181. The van der Waals surface area contributed by atoms with Gasteiger partial charge in [0, 0.05) is 24.6 Å². The number of aromatic nitrogens is 2. The number of carbonyl (C=O) groups is 1. The summed E-state index contributed by atoms with van der Waals surface area (Å²) >= 11 is 6.23. The smallest absolute Gasteiger partial charge is 0.410 e. The van der Waals surface area contributed by atoms with Crippen LogP contribution in [-0.2, 0) is 4.74 Å². The summed E-state index contributed by atoms with van der Waals surface area (Å²) in [5.74, 6) is 0.181. The van der Waals surface area contributed by atoms with Crippen LogP contribution in [0.4, 0.5) is 4.79 Å². The quantitative estimate of drug-likeness (QED) is 0.740. The highest BCUT2D eigenvalue weighted by Crippen LogP contribution is 2.27. The predicted octanol–water partition coefficient (Wildman–Crippen LogP) is 4.30. The van der Waals surface area contributed by atoms with Crippen LogP contribution in [0.15, 0.2) is 30.5 Å². The van der Waals surface area contributed by atoms with E-state index in [2.05, 4.69) is 16.0 Å². The SMILES string of the molecule is CC(C)(C)OC(=O)N1CC[C@@H](COc2ncc(Cl)c(-c3ccc(C#N)cc3)n2)C1. The monoisotopic (exact) mass is 414 g/mol. The van der Waals surface area contributed by atoms with Crippen molar-refractivity contribution < 1.29 is 14.3 Å². The number of halogens is 1. The molecule has 1 fully saturated rings. The van der Waals surface area contributed by atoms with Crippen LogP contribution in [0.3, 0.4) is 0 Å². The van der Waals surface area contributed by atoms with Gasteiger partial charge in [-0.1, -0.05) is 23.7 Å².